The average Bonchev–Trinajstić information content (AvgIpc) is 3.06. The molecule has 140 valence electrons. The normalized spacial score (nSPS) is 10.8. The van der Waals surface area contributed by atoms with Gasteiger partial charge in [-0.1, -0.05) is 36.0 Å². The third-order valence-corrected chi connectivity index (χ3v) is 5.09. The predicted molar refractivity (Wildman–Crippen MR) is 107 cm³/mol. The van der Waals surface area contributed by atoms with Crippen LogP contribution in [0.25, 0.3) is 11.1 Å². The third kappa shape index (κ3) is 4.68. The third-order valence-electron chi connectivity index (χ3n) is 4.28. The van der Waals surface area contributed by atoms with Gasteiger partial charge in [-0.15, -0.1) is 0 Å². The van der Waals surface area contributed by atoms with E-state index in [1.807, 2.05) is 56.3 Å². The molecule has 0 atom stereocenters. The summed E-state index contributed by atoms with van der Waals surface area (Å²) in [4.78, 5) is 30.3. The number of hydrogen-bond acceptors (Lipinski definition) is 5. The van der Waals surface area contributed by atoms with Crippen molar-refractivity contribution in [3.63, 3.8) is 0 Å². The number of likely N-dealkylation sites (N-methyl/N-ethyl adjacent to an activating group) is 1. The second-order valence-corrected chi connectivity index (χ2v) is 7.21. The van der Waals surface area contributed by atoms with Crippen LogP contribution in [0.2, 0.25) is 0 Å². The molecule has 27 heavy (non-hydrogen) atoms. The molecule has 3 aromatic rings. The highest BCUT2D eigenvalue weighted by molar-refractivity contribution is 7.99. The monoisotopic (exact) mass is 383 g/mol. The summed E-state index contributed by atoms with van der Waals surface area (Å²) in [6.07, 6.45) is 0. The first kappa shape index (κ1) is 19.0. The Morgan fingerprint density at radius 1 is 1.15 bits per heavy atom. The summed E-state index contributed by atoms with van der Waals surface area (Å²) in [5.74, 6) is -0.245. The van der Waals surface area contributed by atoms with Gasteiger partial charge < -0.3 is 14.6 Å². The van der Waals surface area contributed by atoms with Crippen LogP contribution in [0.1, 0.15) is 11.1 Å². The van der Waals surface area contributed by atoms with Crippen LogP contribution in [-0.4, -0.2) is 41.0 Å². The summed E-state index contributed by atoms with van der Waals surface area (Å²) in [7, 11) is 1.61. The van der Waals surface area contributed by atoms with E-state index in [-0.39, 0.29) is 24.1 Å². The van der Waals surface area contributed by atoms with Crippen LogP contribution < -0.4 is 5.32 Å². The summed E-state index contributed by atoms with van der Waals surface area (Å²) < 4.78 is 5.58. The molecule has 0 aliphatic rings. The maximum atomic E-state index is 12.3. The maximum absolute atomic E-state index is 12.3. The number of oxazole rings is 1. The lowest BCUT2D eigenvalue weighted by Gasteiger charge is -2.17. The Morgan fingerprint density at radius 3 is 2.70 bits per heavy atom. The Hall–Kier alpha value is -2.80. The van der Waals surface area contributed by atoms with Crippen LogP contribution in [-0.2, 0) is 9.59 Å². The molecule has 1 heterocycles. The van der Waals surface area contributed by atoms with E-state index in [0.717, 1.165) is 22.3 Å². The van der Waals surface area contributed by atoms with Gasteiger partial charge in [-0.3, -0.25) is 9.59 Å². The molecule has 1 aromatic heterocycles. The van der Waals surface area contributed by atoms with Gasteiger partial charge >= 0.3 is 0 Å². The van der Waals surface area contributed by atoms with Crippen molar-refractivity contribution < 1.29 is 14.0 Å². The number of amides is 2. The van der Waals surface area contributed by atoms with E-state index >= 15 is 0 Å². The fourth-order valence-electron chi connectivity index (χ4n) is 2.53. The minimum Gasteiger partial charge on any atom is -0.431 e. The molecule has 7 heteroatoms. The molecule has 6 nitrogen and oxygen atoms in total. The standard InChI is InChI=1S/C20H21N3O3S/c1-13-7-6-9-15(14(13)2)21-18(24)11-23(3)19(25)12-27-20-22-16-8-4-5-10-17(16)26-20/h4-10H,11-12H2,1-3H3,(H,21,24). The molecular weight excluding hydrogens is 362 g/mol. The zero-order valence-electron chi connectivity index (χ0n) is 15.5. The molecule has 2 amide bonds. The fraction of sp³-hybridized carbons (Fsp3) is 0.250. The predicted octanol–water partition coefficient (Wildman–Crippen LogP) is 3.63. The van der Waals surface area contributed by atoms with Gasteiger partial charge in [0.05, 0.1) is 12.3 Å². The molecule has 0 spiro atoms. The Morgan fingerprint density at radius 2 is 1.93 bits per heavy atom. The van der Waals surface area contributed by atoms with Gasteiger partial charge in [0.25, 0.3) is 5.22 Å². The number of nitrogens with one attached hydrogen (secondary N) is 1. The number of para-hydroxylation sites is 2. The van der Waals surface area contributed by atoms with Crippen molar-refractivity contribution >= 4 is 40.4 Å². The molecule has 0 unspecified atom stereocenters. The van der Waals surface area contributed by atoms with E-state index in [4.69, 9.17) is 4.42 Å². The minimum absolute atomic E-state index is 0.0136. The summed E-state index contributed by atoms with van der Waals surface area (Å²) in [6.45, 7) is 3.93. The number of aromatic nitrogens is 1. The van der Waals surface area contributed by atoms with Crippen LogP contribution in [0.5, 0.6) is 0 Å². The van der Waals surface area contributed by atoms with E-state index in [0.29, 0.717) is 10.8 Å². The first-order chi connectivity index (χ1) is 12.9. The van der Waals surface area contributed by atoms with Crippen molar-refractivity contribution in [2.24, 2.45) is 0 Å². The Kier molecular flexibility index (Phi) is 5.81. The summed E-state index contributed by atoms with van der Waals surface area (Å²) in [6, 6.07) is 13.2. The number of carbonyl (C=O) groups is 2. The fourth-order valence-corrected chi connectivity index (χ4v) is 3.31. The number of thioether (sulfide) groups is 1. The molecule has 0 saturated heterocycles. The molecule has 2 aromatic carbocycles. The molecule has 0 saturated carbocycles. The number of carbonyl (C=O) groups excluding carboxylic acids is 2. The van der Waals surface area contributed by atoms with Gasteiger partial charge in [0, 0.05) is 12.7 Å². The van der Waals surface area contributed by atoms with Crippen molar-refractivity contribution in [3.8, 4) is 0 Å². The van der Waals surface area contributed by atoms with Crippen LogP contribution in [0.3, 0.4) is 0 Å². The van der Waals surface area contributed by atoms with E-state index in [2.05, 4.69) is 10.3 Å². The van der Waals surface area contributed by atoms with Crippen LogP contribution in [0, 0.1) is 13.8 Å². The zero-order valence-corrected chi connectivity index (χ0v) is 16.3. The van der Waals surface area contributed by atoms with Crippen molar-refractivity contribution in [3.05, 3.63) is 53.6 Å². The number of benzene rings is 2. The van der Waals surface area contributed by atoms with E-state index in [9.17, 15) is 9.59 Å². The first-order valence-electron chi connectivity index (χ1n) is 8.52. The summed E-state index contributed by atoms with van der Waals surface area (Å²) >= 11 is 1.22. The molecule has 1 N–H and O–H groups in total. The largest absolute Gasteiger partial charge is 0.431 e. The highest BCUT2D eigenvalue weighted by atomic mass is 32.2. The lowest BCUT2D eigenvalue weighted by atomic mass is 10.1. The topological polar surface area (TPSA) is 75.4 Å². The first-order valence-corrected chi connectivity index (χ1v) is 9.51. The van der Waals surface area contributed by atoms with E-state index in [1.165, 1.54) is 16.7 Å². The minimum atomic E-state index is -0.230. The van der Waals surface area contributed by atoms with Gasteiger partial charge in [0.2, 0.25) is 11.8 Å². The van der Waals surface area contributed by atoms with Gasteiger partial charge in [-0.05, 0) is 43.2 Å². The molecule has 0 aliphatic heterocycles. The lowest BCUT2D eigenvalue weighted by molar-refractivity contribution is -0.131. The molecule has 0 aliphatic carbocycles. The number of hydrogen-bond donors (Lipinski definition) is 1. The smallest absolute Gasteiger partial charge is 0.257 e. The number of anilines is 1. The van der Waals surface area contributed by atoms with Gasteiger partial charge in [-0.25, -0.2) is 4.98 Å². The second-order valence-electron chi connectivity index (χ2n) is 6.28. The summed E-state index contributed by atoms with van der Waals surface area (Å²) in [5.41, 5.74) is 4.34. The van der Waals surface area contributed by atoms with Crippen LogP contribution in [0.4, 0.5) is 5.69 Å². The van der Waals surface area contributed by atoms with Gasteiger partial charge in [0.1, 0.15) is 5.52 Å². The Labute approximate surface area is 161 Å². The number of nitrogens with zero attached hydrogens (tertiary/aromatic N) is 2. The van der Waals surface area contributed by atoms with Crippen molar-refractivity contribution in [2.75, 3.05) is 24.7 Å². The van der Waals surface area contributed by atoms with E-state index < -0.39 is 0 Å². The van der Waals surface area contributed by atoms with Crippen molar-refractivity contribution in [2.45, 2.75) is 19.1 Å². The summed E-state index contributed by atoms with van der Waals surface area (Å²) in [5, 5.41) is 3.30. The van der Waals surface area contributed by atoms with Crippen molar-refractivity contribution in [1.82, 2.24) is 9.88 Å². The van der Waals surface area contributed by atoms with E-state index in [1.54, 1.807) is 7.05 Å². The van der Waals surface area contributed by atoms with Crippen LogP contribution >= 0.6 is 11.8 Å². The second kappa shape index (κ2) is 8.26. The molecule has 3 rings (SSSR count). The molecule has 0 bridgehead atoms. The Balaban J connectivity index is 1.52. The molecular formula is C20H21N3O3S. The quantitative estimate of drug-likeness (QED) is 0.658. The lowest BCUT2D eigenvalue weighted by Crippen LogP contribution is -2.36. The van der Waals surface area contributed by atoms with Crippen LogP contribution in [0.15, 0.2) is 52.1 Å². The maximum Gasteiger partial charge on any atom is 0.257 e. The Bertz CT molecular complexity index is 951. The SMILES string of the molecule is Cc1cccc(NC(=O)CN(C)C(=O)CSc2nc3ccccc3o2)c1C. The van der Waals surface area contributed by atoms with Gasteiger partial charge in [0.15, 0.2) is 5.58 Å². The molecule has 0 radical (unpaired) electrons. The number of aryl methyl sites for hydroxylation is 1. The average molecular weight is 383 g/mol. The zero-order chi connectivity index (χ0) is 19.4. The number of fused-ring (bicyclic) bond motifs is 1. The highest BCUT2D eigenvalue weighted by Gasteiger charge is 2.16. The molecule has 0 fully saturated rings. The van der Waals surface area contributed by atoms with Crippen molar-refractivity contribution in [1.29, 1.82) is 0 Å². The van der Waals surface area contributed by atoms with Gasteiger partial charge in [-0.2, -0.15) is 0 Å². The number of rotatable bonds is 6. The highest BCUT2D eigenvalue weighted by Crippen LogP contribution is 2.23.